The van der Waals surface area contributed by atoms with Crippen LogP contribution in [0, 0.1) is 0 Å². The molecule has 0 saturated carbocycles. The molecule has 4 atom stereocenters. The Kier molecular flexibility index (Phi) is 2.22. The minimum atomic E-state index is -1.19. The van der Waals surface area contributed by atoms with Gasteiger partial charge in [0.15, 0.2) is 0 Å². The van der Waals surface area contributed by atoms with E-state index in [1.165, 1.54) is 0 Å². The van der Waals surface area contributed by atoms with Crippen molar-refractivity contribution in [3.8, 4) is 0 Å². The van der Waals surface area contributed by atoms with Crippen LogP contribution in [0.25, 0.3) is 0 Å². The average molecular weight is 150 g/mol. The lowest BCUT2D eigenvalue weighted by Crippen LogP contribution is -2.56. The third-order valence-corrected chi connectivity index (χ3v) is 1.54. The van der Waals surface area contributed by atoms with E-state index >= 15 is 0 Å². The largest absolute Gasteiger partial charge is 0.388 e. The van der Waals surface area contributed by atoms with Crippen molar-refractivity contribution in [1.82, 2.24) is 0 Å². The second kappa shape index (κ2) is 2.81. The number of rotatable bonds is 0. The molecule has 1 fully saturated rings. The average Bonchev–Trinajstić information content (AvgIpc) is 1.93. The van der Waals surface area contributed by atoms with Crippen LogP contribution in [-0.2, 0) is 4.74 Å². The molecule has 0 aromatic rings. The van der Waals surface area contributed by atoms with E-state index in [9.17, 15) is 0 Å². The predicted octanol–water partition coefficient (Wildman–Crippen LogP) is -2.62. The number of aliphatic hydroxyl groups is 3. The van der Waals surface area contributed by atoms with Gasteiger partial charge in [0.2, 0.25) is 0 Å². The lowest BCUT2D eigenvalue weighted by Gasteiger charge is -2.32. The van der Waals surface area contributed by atoms with E-state index in [1.807, 2.05) is 0 Å². The Morgan fingerprint density at radius 2 is 1.80 bits per heavy atom. The lowest BCUT2D eigenvalue weighted by atomic mass is 10.1. The maximum atomic E-state index is 8.96. The third-order valence-electron chi connectivity index (χ3n) is 1.54. The first-order valence-corrected chi connectivity index (χ1v) is 3.04. The van der Waals surface area contributed by atoms with Crippen molar-refractivity contribution in [1.29, 1.82) is 0 Å². The molecular weight excluding hydrogens is 139 g/mol. The van der Waals surface area contributed by atoms with Crippen molar-refractivity contribution < 1.29 is 20.1 Å². The highest BCUT2D eigenvalue weighted by molar-refractivity contribution is 4.83. The van der Waals surface area contributed by atoms with Crippen molar-refractivity contribution in [3.05, 3.63) is 0 Å². The van der Waals surface area contributed by atoms with Gasteiger partial charge in [0, 0.05) is 0 Å². The summed E-state index contributed by atoms with van der Waals surface area (Å²) in [6.45, 7) is -0.0284. The summed E-state index contributed by atoms with van der Waals surface area (Å²) in [5.74, 6) is 0. The molecule has 1 saturated heterocycles. The third kappa shape index (κ3) is 1.28. The summed E-state index contributed by atoms with van der Waals surface area (Å²) in [6, 6.07) is 0. The Morgan fingerprint density at radius 3 is 2.30 bits per heavy atom. The first-order chi connectivity index (χ1) is 4.63. The molecule has 0 unspecified atom stereocenters. The van der Waals surface area contributed by atoms with Crippen LogP contribution in [0.5, 0.6) is 0 Å². The topological polar surface area (TPSA) is 95.9 Å². The second-order valence-electron chi connectivity index (χ2n) is 2.35. The zero-order valence-electron chi connectivity index (χ0n) is 5.34. The summed E-state index contributed by atoms with van der Waals surface area (Å²) in [5, 5.41) is 26.8. The van der Waals surface area contributed by atoms with Crippen molar-refractivity contribution in [2.24, 2.45) is 5.73 Å². The standard InChI is InChI=1S/C5H11NO4/c6-5-4(9)3(8)2(7)1-10-5/h2-5,7-9H,1,6H2/t2-,3-,4+,5+/m1/s1/i6+1. The maximum Gasteiger partial charge on any atom is 0.134 e. The minimum Gasteiger partial charge on any atom is -0.388 e. The van der Waals surface area contributed by atoms with Gasteiger partial charge in [0.1, 0.15) is 24.5 Å². The van der Waals surface area contributed by atoms with Crippen molar-refractivity contribution in [2.45, 2.75) is 24.5 Å². The van der Waals surface area contributed by atoms with Crippen LogP contribution in [0.15, 0.2) is 0 Å². The Bertz CT molecular complexity index is 106. The molecule has 1 aliphatic heterocycles. The van der Waals surface area contributed by atoms with Gasteiger partial charge in [-0.3, -0.25) is 0 Å². The normalized spacial score (nSPS) is 49.2. The van der Waals surface area contributed by atoms with Gasteiger partial charge in [-0.05, 0) is 0 Å². The molecule has 5 heteroatoms. The fourth-order valence-corrected chi connectivity index (χ4v) is 0.829. The Hall–Kier alpha value is -0.200. The van der Waals surface area contributed by atoms with E-state index in [2.05, 4.69) is 0 Å². The van der Waals surface area contributed by atoms with Gasteiger partial charge in [0.25, 0.3) is 0 Å². The van der Waals surface area contributed by atoms with Crippen LogP contribution in [-0.4, -0.2) is 46.5 Å². The van der Waals surface area contributed by atoms with Crippen LogP contribution in [0.1, 0.15) is 0 Å². The number of hydrogen-bond donors (Lipinski definition) is 4. The van der Waals surface area contributed by atoms with Gasteiger partial charge in [-0.2, -0.15) is 0 Å². The molecule has 60 valence electrons. The van der Waals surface area contributed by atoms with Gasteiger partial charge in [-0.1, -0.05) is 0 Å². The fraction of sp³-hybridized carbons (Fsp3) is 1.00. The van der Waals surface area contributed by atoms with Crippen LogP contribution >= 0.6 is 0 Å². The maximum absolute atomic E-state index is 8.96. The van der Waals surface area contributed by atoms with Crippen molar-refractivity contribution in [2.75, 3.05) is 6.61 Å². The smallest absolute Gasteiger partial charge is 0.134 e. The van der Waals surface area contributed by atoms with Gasteiger partial charge < -0.3 is 25.8 Å². The Labute approximate surface area is 58.0 Å². The van der Waals surface area contributed by atoms with Crippen LogP contribution in [0.3, 0.4) is 0 Å². The number of hydrogen-bond acceptors (Lipinski definition) is 5. The predicted molar refractivity (Wildman–Crippen MR) is 31.9 cm³/mol. The molecule has 0 radical (unpaired) electrons. The van der Waals surface area contributed by atoms with E-state index in [0.717, 1.165) is 0 Å². The minimum absolute atomic E-state index is 0.0284. The molecule has 0 amide bonds. The highest BCUT2D eigenvalue weighted by atomic mass is 16.5. The molecule has 10 heavy (non-hydrogen) atoms. The van der Waals surface area contributed by atoms with E-state index in [-0.39, 0.29) is 6.61 Å². The number of ether oxygens (including phenoxy) is 1. The van der Waals surface area contributed by atoms with Gasteiger partial charge in [-0.25, -0.2) is 0 Å². The summed E-state index contributed by atoms with van der Waals surface area (Å²) < 4.78 is 4.69. The molecule has 1 rings (SSSR count). The van der Waals surface area contributed by atoms with Crippen LogP contribution in [0.4, 0.5) is 0 Å². The van der Waals surface area contributed by atoms with E-state index < -0.39 is 24.5 Å². The molecule has 0 spiro atoms. The zero-order valence-corrected chi connectivity index (χ0v) is 5.34. The van der Waals surface area contributed by atoms with E-state index in [1.54, 1.807) is 0 Å². The summed E-state index contributed by atoms with van der Waals surface area (Å²) in [4.78, 5) is 0. The molecule has 0 aliphatic carbocycles. The quantitative estimate of drug-likeness (QED) is 0.284. The van der Waals surface area contributed by atoms with E-state index in [0.29, 0.717) is 0 Å². The van der Waals surface area contributed by atoms with Crippen LogP contribution in [0.2, 0.25) is 0 Å². The number of aliphatic hydroxyl groups excluding tert-OH is 3. The summed E-state index contributed by atoms with van der Waals surface area (Å²) in [6.07, 6.45) is -4.30. The molecule has 0 aromatic carbocycles. The molecule has 0 aromatic heterocycles. The summed E-state index contributed by atoms with van der Waals surface area (Å²) >= 11 is 0. The molecular formula is C5H11NO4. The van der Waals surface area contributed by atoms with Crippen LogP contribution < -0.4 is 5.73 Å². The summed E-state index contributed by atoms with van der Waals surface area (Å²) in [7, 11) is 0. The second-order valence-corrected chi connectivity index (χ2v) is 2.35. The van der Waals surface area contributed by atoms with Crippen molar-refractivity contribution >= 4 is 0 Å². The first-order valence-electron chi connectivity index (χ1n) is 3.04. The highest BCUT2D eigenvalue weighted by Crippen LogP contribution is 2.11. The Morgan fingerprint density at radius 1 is 1.20 bits per heavy atom. The number of nitrogens with two attached hydrogens (primary N) is 1. The highest BCUT2D eigenvalue weighted by Gasteiger charge is 2.35. The zero-order chi connectivity index (χ0) is 7.72. The molecule has 1 aliphatic rings. The monoisotopic (exact) mass is 150 g/mol. The van der Waals surface area contributed by atoms with Gasteiger partial charge in [-0.15, -0.1) is 0 Å². The van der Waals surface area contributed by atoms with Crippen molar-refractivity contribution in [3.63, 3.8) is 0 Å². The molecule has 0 bridgehead atoms. The molecule has 1 heterocycles. The van der Waals surface area contributed by atoms with Gasteiger partial charge in [0.05, 0.1) is 6.61 Å². The molecule has 5 N–H and O–H groups in total. The molecule has 5 nitrogen and oxygen atoms in total. The Balaban J connectivity index is 2.52. The lowest BCUT2D eigenvalue weighted by molar-refractivity contribution is -0.184. The SMILES string of the molecule is [15NH2][C@H]1OC[C@@H](O)[C@@H](O)[C@@H]1O. The fourth-order valence-electron chi connectivity index (χ4n) is 0.829. The van der Waals surface area contributed by atoms with Gasteiger partial charge >= 0.3 is 0 Å². The summed E-state index contributed by atoms with van der Waals surface area (Å²) in [5.41, 5.74) is 5.19. The van der Waals surface area contributed by atoms with E-state index in [4.69, 9.17) is 25.8 Å². The first kappa shape index (κ1) is 7.90.